The second-order valence-electron chi connectivity index (χ2n) is 6.60. The predicted molar refractivity (Wildman–Crippen MR) is 81.0 cm³/mol. The first-order valence-electron chi connectivity index (χ1n) is 8.03. The molecule has 0 aromatic carbocycles. The zero-order chi connectivity index (χ0) is 13.4. The Kier molecular flexibility index (Phi) is 7.92. The van der Waals surface area contributed by atoms with E-state index in [2.05, 4.69) is 38.0 Å². The molecule has 0 saturated heterocycles. The van der Waals surface area contributed by atoms with Gasteiger partial charge in [0, 0.05) is 12.1 Å². The van der Waals surface area contributed by atoms with Crippen LogP contribution in [0.3, 0.4) is 0 Å². The molecule has 0 aromatic heterocycles. The van der Waals surface area contributed by atoms with Gasteiger partial charge in [-0.1, -0.05) is 33.1 Å². The van der Waals surface area contributed by atoms with Crippen molar-refractivity contribution in [3.05, 3.63) is 0 Å². The second-order valence-corrected chi connectivity index (χ2v) is 6.60. The molecule has 0 bridgehead atoms. The van der Waals surface area contributed by atoms with Gasteiger partial charge in [-0.3, -0.25) is 0 Å². The van der Waals surface area contributed by atoms with Crippen molar-refractivity contribution in [2.24, 2.45) is 5.92 Å². The summed E-state index contributed by atoms with van der Waals surface area (Å²) in [6.45, 7) is 9.41. The molecule has 0 spiro atoms. The molecule has 108 valence electrons. The highest BCUT2D eigenvalue weighted by Gasteiger charge is 2.13. The van der Waals surface area contributed by atoms with E-state index < -0.39 is 0 Å². The monoisotopic (exact) mass is 254 g/mol. The third-order valence-corrected chi connectivity index (χ3v) is 4.29. The maximum absolute atomic E-state index is 3.73. The Morgan fingerprint density at radius 1 is 1.11 bits per heavy atom. The van der Waals surface area contributed by atoms with Crippen LogP contribution in [-0.4, -0.2) is 37.1 Å². The number of hydrogen-bond donors (Lipinski definition) is 1. The van der Waals surface area contributed by atoms with Crippen molar-refractivity contribution in [3.8, 4) is 0 Å². The predicted octanol–water partition coefficient (Wildman–Crippen LogP) is 3.67. The summed E-state index contributed by atoms with van der Waals surface area (Å²) in [6.07, 6.45) is 9.72. The Morgan fingerprint density at radius 3 is 2.39 bits per heavy atom. The van der Waals surface area contributed by atoms with Crippen LogP contribution < -0.4 is 5.32 Å². The lowest BCUT2D eigenvalue weighted by atomic mass is 9.95. The van der Waals surface area contributed by atoms with Crippen molar-refractivity contribution in [3.63, 3.8) is 0 Å². The van der Waals surface area contributed by atoms with Crippen LogP contribution in [0.5, 0.6) is 0 Å². The van der Waals surface area contributed by atoms with Gasteiger partial charge in [-0.15, -0.1) is 0 Å². The standard InChI is InChI=1S/C16H34N2/c1-14(2)13-15(3)18(4)12-8-11-17-16-9-6-5-7-10-16/h14-17H,5-13H2,1-4H3. The molecule has 1 aliphatic carbocycles. The molecule has 0 heterocycles. The Morgan fingerprint density at radius 2 is 1.78 bits per heavy atom. The summed E-state index contributed by atoms with van der Waals surface area (Å²) in [5.74, 6) is 0.808. The molecular weight excluding hydrogens is 220 g/mol. The van der Waals surface area contributed by atoms with E-state index in [0.717, 1.165) is 18.0 Å². The first kappa shape index (κ1) is 16.0. The molecule has 2 heteroatoms. The average molecular weight is 254 g/mol. The minimum absolute atomic E-state index is 0.722. The van der Waals surface area contributed by atoms with Gasteiger partial charge >= 0.3 is 0 Å². The highest BCUT2D eigenvalue weighted by atomic mass is 15.1. The molecule has 0 aromatic rings. The Hall–Kier alpha value is -0.0800. The smallest absolute Gasteiger partial charge is 0.00670 e. The molecule has 0 aliphatic heterocycles. The van der Waals surface area contributed by atoms with Crippen molar-refractivity contribution in [2.45, 2.75) is 77.8 Å². The van der Waals surface area contributed by atoms with Crippen LogP contribution in [0, 0.1) is 5.92 Å². The number of hydrogen-bond acceptors (Lipinski definition) is 2. The highest BCUT2D eigenvalue weighted by molar-refractivity contribution is 4.72. The van der Waals surface area contributed by atoms with Gasteiger partial charge in [0.1, 0.15) is 0 Å². The summed E-state index contributed by atoms with van der Waals surface area (Å²) in [5.41, 5.74) is 0. The summed E-state index contributed by atoms with van der Waals surface area (Å²) in [4.78, 5) is 2.52. The number of nitrogens with zero attached hydrogens (tertiary/aromatic N) is 1. The van der Waals surface area contributed by atoms with Crippen LogP contribution in [0.15, 0.2) is 0 Å². The Bertz CT molecular complexity index is 197. The molecule has 1 unspecified atom stereocenters. The summed E-state index contributed by atoms with van der Waals surface area (Å²) in [5, 5.41) is 3.73. The first-order valence-corrected chi connectivity index (χ1v) is 8.03. The largest absolute Gasteiger partial charge is 0.314 e. The summed E-state index contributed by atoms with van der Waals surface area (Å²) in [7, 11) is 2.27. The molecule has 2 nitrogen and oxygen atoms in total. The fourth-order valence-electron chi connectivity index (χ4n) is 3.02. The molecule has 1 saturated carbocycles. The van der Waals surface area contributed by atoms with E-state index >= 15 is 0 Å². The lowest BCUT2D eigenvalue weighted by Crippen LogP contribution is -2.35. The van der Waals surface area contributed by atoms with E-state index in [1.54, 1.807) is 0 Å². The lowest BCUT2D eigenvalue weighted by molar-refractivity contribution is 0.223. The second kappa shape index (κ2) is 8.92. The van der Waals surface area contributed by atoms with Crippen LogP contribution >= 0.6 is 0 Å². The number of rotatable bonds is 8. The van der Waals surface area contributed by atoms with E-state index in [-0.39, 0.29) is 0 Å². The van der Waals surface area contributed by atoms with E-state index in [0.29, 0.717) is 0 Å². The fraction of sp³-hybridized carbons (Fsp3) is 1.00. The summed E-state index contributed by atoms with van der Waals surface area (Å²) < 4.78 is 0. The fourth-order valence-corrected chi connectivity index (χ4v) is 3.02. The normalized spacial score (nSPS) is 19.7. The third kappa shape index (κ3) is 6.75. The van der Waals surface area contributed by atoms with Gasteiger partial charge in [0.2, 0.25) is 0 Å². The topological polar surface area (TPSA) is 15.3 Å². The van der Waals surface area contributed by atoms with Crippen molar-refractivity contribution in [1.29, 1.82) is 0 Å². The average Bonchev–Trinajstić information content (AvgIpc) is 2.34. The lowest BCUT2D eigenvalue weighted by Gasteiger charge is -2.27. The molecule has 0 amide bonds. The van der Waals surface area contributed by atoms with Crippen LogP contribution in [0.4, 0.5) is 0 Å². The van der Waals surface area contributed by atoms with Gasteiger partial charge in [-0.2, -0.15) is 0 Å². The van der Waals surface area contributed by atoms with Gasteiger partial charge in [0.15, 0.2) is 0 Å². The van der Waals surface area contributed by atoms with E-state index in [4.69, 9.17) is 0 Å². The minimum Gasteiger partial charge on any atom is -0.314 e. The summed E-state index contributed by atoms with van der Waals surface area (Å²) in [6, 6.07) is 1.54. The van der Waals surface area contributed by atoms with Gasteiger partial charge in [0.05, 0.1) is 0 Å². The van der Waals surface area contributed by atoms with Crippen molar-refractivity contribution in [1.82, 2.24) is 10.2 Å². The van der Waals surface area contributed by atoms with Gasteiger partial charge in [-0.05, 0) is 58.7 Å². The first-order chi connectivity index (χ1) is 8.59. The van der Waals surface area contributed by atoms with Crippen molar-refractivity contribution >= 4 is 0 Å². The zero-order valence-corrected chi connectivity index (χ0v) is 13.0. The molecule has 1 aliphatic rings. The highest BCUT2D eigenvalue weighted by Crippen LogP contribution is 2.17. The van der Waals surface area contributed by atoms with Crippen molar-refractivity contribution < 1.29 is 0 Å². The third-order valence-electron chi connectivity index (χ3n) is 4.29. The molecule has 18 heavy (non-hydrogen) atoms. The maximum atomic E-state index is 3.73. The number of nitrogens with one attached hydrogen (secondary N) is 1. The molecular formula is C16H34N2. The molecule has 1 rings (SSSR count). The Balaban J connectivity index is 2.02. The SMILES string of the molecule is CC(C)CC(C)N(C)CCCNC1CCCCC1. The van der Waals surface area contributed by atoms with E-state index in [1.807, 2.05) is 0 Å². The quantitative estimate of drug-likeness (QED) is 0.665. The molecule has 1 atom stereocenters. The maximum Gasteiger partial charge on any atom is 0.00670 e. The van der Waals surface area contributed by atoms with E-state index in [1.165, 1.54) is 58.0 Å². The van der Waals surface area contributed by atoms with Gasteiger partial charge in [-0.25, -0.2) is 0 Å². The molecule has 1 fully saturated rings. The Labute approximate surface area is 115 Å². The molecule has 0 radical (unpaired) electrons. The molecule has 1 N–H and O–H groups in total. The van der Waals surface area contributed by atoms with Gasteiger partial charge < -0.3 is 10.2 Å². The van der Waals surface area contributed by atoms with Crippen LogP contribution in [-0.2, 0) is 0 Å². The van der Waals surface area contributed by atoms with Crippen LogP contribution in [0.2, 0.25) is 0 Å². The van der Waals surface area contributed by atoms with Crippen molar-refractivity contribution in [2.75, 3.05) is 20.1 Å². The van der Waals surface area contributed by atoms with Gasteiger partial charge in [0.25, 0.3) is 0 Å². The van der Waals surface area contributed by atoms with E-state index in [9.17, 15) is 0 Å². The van der Waals surface area contributed by atoms with Crippen LogP contribution in [0.1, 0.15) is 65.7 Å². The van der Waals surface area contributed by atoms with Crippen LogP contribution in [0.25, 0.3) is 0 Å². The zero-order valence-electron chi connectivity index (χ0n) is 13.0. The minimum atomic E-state index is 0.722. The summed E-state index contributed by atoms with van der Waals surface area (Å²) >= 11 is 0.